The van der Waals surface area contributed by atoms with Gasteiger partial charge in [-0.3, -0.25) is 0 Å². The normalized spacial score (nSPS) is 28.3. The lowest BCUT2D eigenvalue weighted by Crippen LogP contribution is -1.67. The molecule has 0 amide bonds. The minimum Gasteiger partial charge on any atom is -0.125 e. The smallest absolute Gasteiger partial charge is 0.0145 e. The second-order valence-electron chi connectivity index (χ2n) is 1.60. The fourth-order valence-corrected chi connectivity index (χ4v) is 1.69. The van der Waals surface area contributed by atoms with E-state index in [-0.39, 0.29) is 0 Å². The largest absolute Gasteiger partial charge is 0.125 e. The molecule has 2 heteroatoms. The van der Waals surface area contributed by atoms with Gasteiger partial charge >= 0.3 is 0 Å². The summed E-state index contributed by atoms with van der Waals surface area (Å²) in [5.74, 6) is 0. The van der Waals surface area contributed by atoms with Gasteiger partial charge in [-0.15, -0.1) is 9.24 Å². The first kappa shape index (κ1) is 5.26. The summed E-state index contributed by atoms with van der Waals surface area (Å²) < 4.78 is 0. The van der Waals surface area contributed by atoms with E-state index < -0.39 is 9.24 Å². The van der Waals surface area contributed by atoms with Gasteiger partial charge in [0.05, 0.1) is 0 Å². The highest BCUT2D eigenvalue weighted by Gasteiger charge is 2.06. The summed E-state index contributed by atoms with van der Waals surface area (Å²) in [6.07, 6.45) is 6.01. The highest BCUT2D eigenvalue weighted by Crippen LogP contribution is 2.54. The summed E-state index contributed by atoms with van der Waals surface area (Å²) in [5.41, 5.74) is 0. The number of allylic oxidation sites excluding steroid dienone is 2. The van der Waals surface area contributed by atoms with Crippen LogP contribution in [0.2, 0.25) is 0 Å². The molecule has 0 aromatic carbocycles. The molecule has 0 unspecified atom stereocenters. The van der Waals surface area contributed by atoms with Crippen LogP contribution in [0.1, 0.15) is 0 Å². The van der Waals surface area contributed by atoms with Crippen LogP contribution in [0.5, 0.6) is 0 Å². The second kappa shape index (κ2) is 1.57. The Morgan fingerprint density at radius 1 is 1.29 bits per heavy atom. The molecule has 1 aliphatic rings. The van der Waals surface area contributed by atoms with Crippen LogP contribution in [0.15, 0.2) is 23.0 Å². The SMILES string of the molecule is CS1(Cl)C=CC=C1. The van der Waals surface area contributed by atoms with Crippen molar-refractivity contribution in [3.63, 3.8) is 0 Å². The lowest BCUT2D eigenvalue weighted by Gasteiger charge is -2.12. The third-order valence-electron chi connectivity index (χ3n) is 0.800. The van der Waals surface area contributed by atoms with Crippen molar-refractivity contribution in [3.05, 3.63) is 23.0 Å². The maximum Gasteiger partial charge on any atom is -0.0145 e. The fourth-order valence-electron chi connectivity index (χ4n) is 0.443. The van der Waals surface area contributed by atoms with Gasteiger partial charge in [0, 0.05) is 0 Å². The van der Waals surface area contributed by atoms with E-state index in [0.29, 0.717) is 0 Å². The average molecular weight is 135 g/mol. The van der Waals surface area contributed by atoms with Crippen molar-refractivity contribution in [3.8, 4) is 0 Å². The molecule has 0 spiro atoms. The van der Waals surface area contributed by atoms with Crippen LogP contribution in [0.25, 0.3) is 0 Å². The van der Waals surface area contributed by atoms with Crippen molar-refractivity contribution in [1.82, 2.24) is 0 Å². The molecule has 0 saturated heterocycles. The Balaban J connectivity index is 2.77. The quantitative estimate of drug-likeness (QED) is 0.478. The van der Waals surface area contributed by atoms with Crippen LogP contribution in [-0.2, 0) is 0 Å². The van der Waals surface area contributed by atoms with E-state index >= 15 is 0 Å². The lowest BCUT2D eigenvalue weighted by molar-refractivity contribution is 2.15. The van der Waals surface area contributed by atoms with Gasteiger partial charge in [0.2, 0.25) is 0 Å². The monoisotopic (exact) mass is 134 g/mol. The number of hydrogen-bond donors (Lipinski definition) is 0. The Morgan fingerprint density at radius 2 is 1.71 bits per heavy atom. The molecule has 1 rings (SSSR count). The van der Waals surface area contributed by atoms with Gasteiger partial charge in [-0.1, -0.05) is 22.8 Å². The highest BCUT2D eigenvalue weighted by atomic mass is 35.7. The summed E-state index contributed by atoms with van der Waals surface area (Å²) in [5, 5.41) is 4.07. The van der Waals surface area contributed by atoms with Gasteiger partial charge in [-0.2, -0.15) is 0 Å². The first-order chi connectivity index (χ1) is 3.21. The van der Waals surface area contributed by atoms with Gasteiger partial charge in [0.25, 0.3) is 0 Å². The van der Waals surface area contributed by atoms with Gasteiger partial charge in [-0.05, 0) is 17.1 Å². The van der Waals surface area contributed by atoms with Gasteiger partial charge in [-0.25, -0.2) is 0 Å². The summed E-state index contributed by atoms with van der Waals surface area (Å²) in [4.78, 5) is 0. The van der Waals surface area contributed by atoms with E-state index in [1.165, 1.54) is 0 Å². The molecule has 0 radical (unpaired) electrons. The predicted octanol–water partition coefficient (Wildman–Crippen LogP) is 2.62. The van der Waals surface area contributed by atoms with Crippen molar-refractivity contribution in [2.45, 2.75) is 0 Å². The first-order valence-corrected chi connectivity index (χ1v) is 5.03. The van der Waals surface area contributed by atoms with Gasteiger partial charge in [0.1, 0.15) is 0 Å². The van der Waals surface area contributed by atoms with E-state index in [2.05, 4.69) is 0 Å². The minimum absolute atomic E-state index is 0.935. The van der Waals surface area contributed by atoms with Crippen molar-refractivity contribution < 1.29 is 0 Å². The van der Waals surface area contributed by atoms with Crippen LogP contribution in [-0.4, -0.2) is 6.26 Å². The molecule has 0 nitrogen and oxygen atoms in total. The zero-order valence-corrected chi connectivity index (χ0v) is 5.67. The molecule has 40 valence electrons. The van der Waals surface area contributed by atoms with Crippen LogP contribution in [0.4, 0.5) is 0 Å². The Morgan fingerprint density at radius 3 is 1.86 bits per heavy atom. The maximum atomic E-state index is 5.88. The average Bonchev–Trinajstić information content (AvgIpc) is 1.84. The van der Waals surface area contributed by atoms with Crippen molar-refractivity contribution in [1.29, 1.82) is 0 Å². The molecule has 0 saturated carbocycles. The van der Waals surface area contributed by atoms with Crippen molar-refractivity contribution >= 4 is 19.9 Å². The molecule has 1 aliphatic heterocycles. The highest BCUT2D eigenvalue weighted by molar-refractivity contribution is 8.54. The standard InChI is InChI=1S/C5H7ClS/c1-7(6)4-2-3-5-7/h2-5H,1H3. The Bertz CT molecular complexity index is 110. The van der Waals surface area contributed by atoms with E-state index in [4.69, 9.17) is 10.7 Å². The van der Waals surface area contributed by atoms with Crippen LogP contribution >= 0.6 is 19.9 Å². The minimum atomic E-state index is -0.935. The molecular formula is C5H7ClS. The predicted molar refractivity (Wildman–Crippen MR) is 37.6 cm³/mol. The van der Waals surface area contributed by atoms with Crippen LogP contribution in [0.3, 0.4) is 0 Å². The van der Waals surface area contributed by atoms with Gasteiger partial charge < -0.3 is 0 Å². The molecule has 0 aliphatic carbocycles. The van der Waals surface area contributed by atoms with E-state index in [9.17, 15) is 0 Å². The Kier molecular flexibility index (Phi) is 1.18. The number of rotatable bonds is 0. The second-order valence-corrected chi connectivity index (χ2v) is 6.02. The molecule has 0 aromatic heterocycles. The lowest BCUT2D eigenvalue weighted by atomic mass is 10.6. The fraction of sp³-hybridized carbons (Fsp3) is 0.200. The number of hydrogen-bond acceptors (Lipinski definition) is 0. The molecular weight excluding hydrogens is 128 g/mol. The Labute approximate surface area is 49.7 Å². The summed E-state index contributed by atoms with van der Waals surface area (Å²) >= 11 is 0. The van der Waals surface area contributed by atoms with Crippen LogP contribution < -0.4 is 0 Å². The van der Waals surface area contributed by atoms with E-state index in [1.54, 1.807) is 0 Å². The molecule has 7 heavy (non-hydrogen) atoms. The topological polar surface area (TPSA) is 0 Å². The van der Waals surface area contributed by atoms with E-state index in [1.807, 2.05) is 29.2 Å². The molecule has 0 N–H and O–H groups in total. The summed E-state index contributed by atoms with van der Waals surface area (Å²) in [7, 11) is 4.94. The Hall–Kier alpha value is 0.120. The maximum absolute atomic E-state index is 5.88. The first-order valence-electron chi connectivity index (χ1n) is 2.03. The molecule has 1 heterocycles. The third-order valence-corrected chi connectivity index (χ3v) is 2.80. The van der Waals surface area contributed by atoms with Gasteiger partial charge in [0.15, 0.2) is 0 Å². The van der Waals surface area contributed by atoms with Crippen molar-refractivity contribution in [2.75, 3.05) is 6.26 Å². The number of halogens is 1. The zero-order valence-electron chi connectivity index (χ0n) is 4.10. The molecule has 0 bridgehead atoms. The summed E-state index contributed by atoms with van der Waals surface area (Å²) in [6, 6.07) is 0. The summed E-state index contributed by atoms with van der Waals surface area (Å²) in [6.45, 7) is 0. The third kappa shape index (κ3) is 1.25. The molecule has 0 aromatic rings. The van der Waals surface area contributed by atoms with Crippen molar-refractivity contribution in [2.24, 2.45) is 0 Å². The van der Waals surface area contributed by atoms with E-state index in [0.717, 1.165) is 0 Å². The zero-order chi connectivity index (χ0) is 5.33. The molecule has 0 atom stereocenters. The van der Waals surface area contributed by atoms with Crippen LogP contribution in [0, 0.1) is 0 Å². The molecule has 0 fully saturated rings.